The van der Waals surface area contributed by atoms with Crippen molar-refractivity contribution >= 4 is 34.9 Å². The summed E-state index contributed by atoms with van der Waals surface area (Å²) in [4.78, 5) is 11.5. The van der Waals surface area contributed by atoms with E-state index in [1.807, 2.05) is 0 Å². The van der Waals surface area contributed by atoms with E-state index in [0.29, 0.717) is 5.02 Å². The summed E-state index contributed by atoms with van der Waals surface area (Å²) in [6, 6.07) is 6.62. The summed E-state index contributed by atoms with van der Waals surface area (Å²) in [7, 11) is 1.19. The third-order valence-corrected chi connectivity index (χ3v) is 3.17. The number of hydrogen-bond donors (Lipinski definition) is 1. The van der Waals surface area contributed by atoms with Crippen molar-refractivity contribution in [2.45, 2.75) is 0 Å². The van der Waals surface area contributed by atoms with Gasteiger partial charge in [0.2, 0.25) is 0 Å². The van der Waals surface area contributed by atoms with Gasteiger partial charge in [0.05, 0.1) is 17.7 Å². The summed E-state index contributed by atoms with van der Waals surface area (Å²) >= 11 is 11.8. The molecule has 7 heteroatoms. The Morgan fingerprint density at radius 1 is 1.19 bits per heavy atom. The number of esters is 1. The molecular weight excluding hydrogens is 320 g/mol. The Hall–Kier alpha value is -1.98. The number of methoxy groups -OCH3 is 1. The van der Waals surface area contributed by atoms with Crippen LogP contribution in [0.5, 0.6) is 11.5 Å². The molecule has 0 fully saturated rings. The third kappa shape index (κ3) is 3.37. The molecule has 0 aliphatic carbocycles. The predicted molar refractivity (Wildman–Crippen MR) is 78.7 cm³/mol. The summed E-state index contributed by atoms with van der Waals surface area (Å²) in [5.41, 5.74) is 5.51. The maximum absolute atomic E-state index is 13.9. The Balaban J connectivity index is 2.44. The zero-order chi connectivity index (χ0) is 15.6. The van der Waals surface area contributed by atoms with E-state index in [4.69, 9.17) is 33.7 Å². The summed E-state index contributed by atoms with van der Waals surface area (Å²) in [6.45, 7) is 0. The SMILES string of the molecule is COC(=O)c1cc(Oc2cc(Cl)ccc2Cl)c(F)cc1N. The number of rotatable bonds is 3. The van der Waals surface area contributed by atoms with Crippen LogP contribution in [-0.2, 0) is 4.74 Å². The lowest BCUT2D eigenvalue weighted by Crippen LogP contribution is -2.07. The van der Waals surface area contributed by atoms with E-state index in [-0.39, 0.29) is 27.8 Å². The van der Waals surface area contributed by atoms with Crippen molar-refractivity contribution in [1.82, 2.24) is 0 Å². The Bertz CT molecular complexity index is 707. The van der Waals surface area contributed by atoms with Gasteiger partial charge < -0.3 is 15.2 Å². The average Bonchev–Trinajstić information content (AvgIpc) is 2.44. The molecule has 4 nitrogen and oxygen atoms in total. The molecule has 2 aromatic carbocycles. The van der Waals surface area contributed by atoms with Gasteiger partial charge in [-0.3, -0.25) is 0 Å². The molecule has 21 heavy (non-hydrogen) atoms. The molecule has 2 N–H and O–H groups in total. The van der Waals surface area contributed by atoms with Gasteiger partial charge in [0.1, 0.15) is 5.75 Å². The lowest BCUT2D eigenvalue weighted by atomic mass is 10.1. The van der Waals surface area contributed by atoms with Gasteiger partial charge in [-0.25, -0.2) is 9.18 Å². The van der Waals surface area contributed by atoms with Crippen molar-refractivity contribution in [1.29, 1.82) is 0 Å². The second-order valence-corrected chi connectivity index (χ2v) is 4.88. The van der Waals surface area contributed by atoms with Crippen molar-refractivity contribution < 1.29 is 18.7 Å². The number of anilines is 1. The van der Waals surface area contributed by atoms with Gasteiger partial charge in [0, 0.05) is 28.9 Å². The first kappa shape index (κ1) is 15.4. The highest BCUT2D eigenvalue weighted by Gasteiger charge is 2.17. The van der Waals surface area contributed by atoms with E-state index in [0.717, 1.165) is 12.1 Å². The fourth-order valence-electron chi connectivity index (χ4n) is 1.61. The first-order valence-corrected chi connectivity index (χ1v) is 6.48. The minimum atomic E-state index is -0.740. The van der Waals surface area contributed by atoms with E-state index in [9.17, 15) is 9.18 Å². The summed E-state index contributed by atoms with van der Waals surface area (Å²) < 4.78 is 23.8. The van der Waals surface area contributed by atoms with E-state index >= 15 is 0 Å². The first-order chi connectivity index (χ1) is 9.92. The van der Waals surface area contributed by atoms with E-state index in [1.54, 1.807) is 6.07 Å². The number of halogens is 3. The van der Waals surface area contributed by atoms with E-state index < -0.39 is 11.8 Å². The standard InChI is InChI=1S/C14H10Cl2FNO3/c1-20-14(19)8-5-13(10(17)6-11(8)18)21-12-4-7(15)2-3-9(12)16/h2-6H,18H2,1H3. The first-order valence-electron chi connectivity index (χ1n) is 5.72. The highest BCUT2D eigenvalue weighted by atomic mass is 35.5. The van der Waals surface area contributed by atoms with Crippen LogP contribution in [-0.4, -0.2) is 13.1 Å². The molecule has 0 bridgehead atoms. The molecule has 0 saturated heterocycles. The number of nitrogens with two attached hydrogens (primary N) is 1. The van der Waals surface area contributed by atoms with Crippen LogP contribution in [0.2, 0.25) is 10.0 Å². The number of nitrogen functional groups attached to an aromatic ring is 1. The normalized spacial score (nSPS) is 10.3. The molecule has 110 valence electrons. The molecule has 0 saturated carbocycles. The van der Waals surface area contributed by atoms with Crippen LogP contribution in [0.25, 0.3) is 0 Å². The molecule has 0 amide bonds. The van der Waals surface area contributed by atoms with Gasteiger partial charge in [-0.1, -0.05) is 23.2 Å². The van der Waals surface area contributed by atoms with Gasteiger partial charge in [-0.05, 0) is 12.1 Å². The molecule has 0 radical (unpaired) electrons. The summed E-state index contributed by atoms with van der Waals surface area (Å²) in [6.07, 6.45) is 0. The zero-order valence-electron chi connectivity index (χ0n) is 10.8. The molecular formula is C14H10Cl2FNO3. The van der Waals surface area contributed by atoms with Crippen molar-refractivity contribution in [3.63, 3.8) is 0 Å². The molecule has 2 aromatic rings. The van der Waals surface area contributed by atoms with Gasteiger partial charge in [-0.2, -0.15) is 0 Å². The van der Waals surface area contributed by atoms with Crippen LogP contribution in [0.1, 0.15) is 10.4 Å². The predicted octanol–water partition coefficient (Wildman–Crippen LogP) is 4.29. The Kier molecular flexibility index (Phi) is 4.55. The van der Waals surface area contributed by atoms with Crippen LogP contribution in [0.15, 0.2) is 30.3 Å². The fraction of sp³-hybridized carbons (Fsp3) is 0.0714. The van der Waals surface area contributed by atoms with Crippen LogP contribution >= 0.6 is 23.2 Å². The second-order valence-electron chi connectivity index (χ2n) is 4.04. The second kappa shape index (κ2) is 6.20. The number of carbonyl (C=O) groups is 1. The molecule has 0 aromatic heterocycles. The van der Waals surface area contributed by atoms with Crippen LogP contribution in [0.3, 0.4) is 0 Å². The van der Waals surface area contributed by atoms with Gasteiger partial charge >= 0.3 is 5.97 Å². The average molecular weight is 330 g/mol. The zero-order valence-corrected chi connectivity index (χ0v) is 12.3. The van der Waals surface area contributed by atoms with Crippen LogP contribution in [0, 0.1) is 5.82 Å². The molecule has 0 aliphatic heterocycles. The Labute approximate surface area is 130 Å². The maximum atomic E-state index is 13.9. The minimum Gasteiger partial charge on any atom is -0.465 e. The highest BCUT2D eigenvalue weighted by Crippen LogP contribution is 2.34. The molecule has 0 unspecified atom stereocenters. The third-order valence-electron chi connectivity index (χ3n) is 2.62. The molecule has 0 spiro atoms. The summed E-state index contributed by atoms with van der Waals surface area (Å²) in [5.74, 6) is -1.50. The van der Waals surface area contributed by atoms with E-state index in [2.05, 4.69) is 4.74 Å². The molecule has 2 rings (SSSR count). The fourth-order valence-corrected chi connectivity index (χ4v) is 1.93. The Morgan fingerprint density at radius 2 is 1.90 bits per heavy atom. The number of ether oxygens (including phenoxy) is 2. The van der Waals surface area contributed by atoms with Crippen molar-refractivity contribution in [2.75, 3.05) is 12.8 Å². The van der Waals surface area contributed by atoms with Crippen molar-refractivity contribution in [2.24, 2.45) is 0 Å². The number of hydrogen-bond acceptors (Lipinski definition) is 4. The van der Waals surface area contributed by atoms with Gasteiger partial charge in [0.15, 0.2) is 11.6 Å². The molecule has 0 atom stereocenters. The van der Waals surface area contributed by atoms with Crippen molar-refractivity contribution in [3.05, 3.63) is 51.8 Å². The van der Waals surface area contributed by atoms with Gasteiger partial charge in [-0.15, -0.1) is 0 Å². The molecule has 0 aliphatic rings. The lowest BCUT2D eigenvalue weighted by Gasteiger charge is -2.11. The molecule has 0 heterocycles. The van der Waals surface area contributed by atoms with Crippen LogP contribution in [0.4, 0.5) is 10.1 Å². The monoisotopic (exact) mass is 329 g/mol. The quantitative estimate of drug-likeness (QED) is 0.673. The van der Waals surface area contributed by atoms with Crippen LogP contribution < -0.4 is 10.5 Å². The van der Waals surface area contributed by atoms with E-state index in [1.165, 1.54) is 19.2 Å². The minimum absolute atomic E-state index is 0.00736. The largest absolute Gasteiger partial charge is 0.465 e. The summed E-state index contributed by atoms with van der Waals surface area (Å²) in [5, 5.41) is 0.619. The highest BCUT2D eigenvalue weighted by molar-refractivity contribution is 6.34. The Morgan fingerprint density at radius 3 is 2.57 bits per heavy atom. The lowest BCUT2D eigenvalue weighted by molar-refractivity contribution is 0.0601. The maximum Gasteiger partial charge on any atom is 0.340 e. The smallest absolute Gasteiger partial charge is 0.340 e. The van der Waals surface area contributed by atoms with Crippen molar-refractivity contribution in [3.8, 4) is 11.5 Å². The van der Waals surface area contributed by atoms with Gasteiger partial charge in [0.25, 0.3) is 0 Å². The number of carbonyl (C=O) groups excluding carboxylic acids is 1. The number of benzene rings is 2. The topological polar surface area (TPSA) is 61.5 Å².